The molecule has 0 aliphatic rings. The van der Waals surface area contributed by atoms with Gasteiger partial charge in [0.25, 0.3) is 0 Å². The van der Waals surface area contributed by atoms with E-state index in [1.54, 1.807) is 6.07 Å². The highest BCUT2D eigenvalue weighted by Gasteiger charge is 2.12. The highest BCUT2D eigenvalue weighted by Crippen LogP contribution is 2.22. The first-order chi connectivity index (χ1) is 9.58. The number of rotatable bonds is 5. The number of nitro groups is 1. The molecule has 0 saturated heterocycles. The normalized spacial score (nSPS) is 10.0. The van der Waals surface area contributed by atoms with E-state index < -0.39 is 10.9 Å². The maximum absolute atomic E-state index is 10.8. The summed E-state index contributed by atoms with van der Waals surface area (Å²) in [5, 5.41) is 22.4. The smallest absolute Gasteiger partial charge is 0.354 e. The van der Waals surface area contributed by atoms with Crippen LogP contribution >= 0.6 is 0 Å². The van der Waals surface area contributed by atoms with Crippen LogP contribution in [0.1, 0.15) is 16.1 Å². The number of aromatic carboxylic acids is 1. The van der Waals surface area contributed by atoms with Gasteiger partial charge in [0.1, 0.15) is 17.6 Å². The molecule has 0 aromatic carbocycles. The lowest BCUT2D eigenvalue weighted by atomic mass is 10.2. The van der Waals surface area contributed by atoms with Crippen LogP contribution < -0.4 is 5.32 Å². The summed E-state index contributed by atoms with van der Waals surface area (Å²) < 4.78 is 0. The van der Waals surface area contributed by atoms with E-state index in [0.29, 0.717) is 11.3 Å². The van der Waals surface area contributed by atoms with Crippen molar-refractivity contribution in [3.63, 3.8) is 0 Å². The van der Waals surface area contributed by atoms with Crippen molar-refractivity contribution in [2.24, 2.45) is 0 Å². The molecular formula is C12H10N4O4. The predicted octanol–water partition coefficient (Wildman–Crippen LogP) is 1.70. The third kappa shape index (κ3) is 3.05. The minimum atomic E-state index is -1.10. The lowest BCUT2D eigenvalue weighted by Crippen LogP contribution is -2.05. The average Bonchev–Trinajstić information content (AvgIpc) is 2.45. The van der Waals surface area contributed by atoms with Gasteiger partial charge in [-0.2, -0.15) is 0 Å². The SMILES string of the molecule is O=C(O)c1ccc(CNc2ccncc2[N+](=O)[O-])cn1. The highest BCUT2D eigenvalue weighted by molar-refractivity contribution is 5.85. The topological polar surface area (TPSA) is 118 Å². The summed E-state index contributed by atoms with van der Waals surface area (Å²) in [6.45, 7) is 0.289. The summed E-state index contributed by atoms with van der Waals surface area (Å²) in [7, 11) is 0. The summed E-state index contributed by atoms with van der Waals surface area (Å²) in [5.41, 5.74) is 0.875. The molecule has 0 aliphatic carbocycles. The van der Waals surface area contributed by atoms with Crippen molar-refractivity contribution in [1.29, 1.82) is 0 Å². The molecule has 8 nitrogen and oxygen atoms in total. The second-order valence-electron chi connectivity index (χ2n) is 3.86. The van der Waals surface area contributed by atoms with Crippen molar-refractivity contribution in [3.8, 4) is 0 Å². The van der Waals surface area contributed by atoms with Gasteiger partial charge in [-0.1, -0.05) is 6.07 Å². The van der Waals surface area contributed by atoms with Crippen molar-refractivity contribution < 1.29 is 14.8 Å². The average molecular weight is 274 g/mol. The van der Waals surface area contributed by atoms with Gasteiger partial charge in [0.05, 0.1) is 4.92 Å². The number of carboxylic acid groups (broad SMARTS) is 1. The maximum Gasteiger partial charge on any atom is 0.354 e. The van der Waals surface area contributed by atoms with E-state index in [1.165, 1.54) is 24.5 Å². The molecule has 0 saturated carbocycles. The molecule has 0 atom stereocenters. The lowest BCUT2D eigenvalue weighted by Gasteiger charge is -2.06. The van der Waals surface area contributed by atoms with Gasteiger partial charge in [0, 0.05) is 18.9 Å². The Bertz CT molecular complexity index is 642. The Morgan fingerprint density at radius 1 is 1.35 bits per heavy atom. The zero-order valence-corrected chi connectivity index (χ0v) is 10.2. The maximum atomic E-state index is 10.8. The zero-order chi connectivity index (χ0) is 14.5. The molecule has 0 fully saturated rings. The number of carbonyl (C=O) groups is 1. The number of nitrogens with one attached hydrogen (secondary N) is 1. The first kappa shape index (κ1) is 13.4. The molecule has 2 aromatic rings. The molecule has 0 radical (unpaired) electrons. The first-order valence-corrected chi connectivity index (χ1v) is 5.58. The summed E-state index contributed by atoms with van der Waals surface area (Å²) in [6.07, 6.45) is 4.01. The predicted molar refractivity (Wildman–Crippen MR) is 69.4 cm³/mol. The van der Waals surface area contributed by atoms with E-state index >= 15 is 0 Å². The summed E-state index contributed by atoms with van der Waals surface area (Å²) in [4.78, 5) is 28.4. The van der Waals surface area contributed by atoms with Crippen molar-refractivity contribution in [3.05, 3.63) is 58.2 Å². The van der Waals surface area contributed by atoms with Crippen molar-refractivity contribution in [2.45, 2.75) is 6.54 Å². The molecular weight excluding hydrogens is 264 g/mol. The Kier molecular flexibility index (Phi) is 3.85. The van der Waals surface area contributed by atoms with Crippen LogP contribution in [0.25, 0.3) is 0 Å². The molecule has 8 heteroatoms. The number of pyridine rings is 2. The number of hydrogen-bond donors (Lipinski definition) is 2. The van der Waals surface area contributed by atoms with Crippen LogP contribution in [0.5, 0.6) is 0 Å². The number of anilines is 1. The minimum absolute atomic E-state index is 0.0522. The molecule has 0 bridgehead atoms. The standard InChI is InChI=1S/C12H10N4O4/c17-12(18)10-2-1-8(6-15-10)5-14-9-3-4-13-7-11(9)16(19)20/h1-4,6-7H,5H2,(H,13,14)(H,17,18). The van der Waals surface area contributed by atoms with E-state index in [-0.39, 0.29) is 17.9 Å². The molecule has 20 heavy (non-hydrogen) atoms. The van der Waals surface area contributed by atoms with Crippen LogP contribution in [0.4, 0.5) is 11.4 Å². The molecule has 0 unspecified atom stereocenters. The van der Waals surface area contributed by atoms with Crippen molar-refractivity contribution in [2.75, 3.05) is 5.32 Å². The van der Waals surface area contributed by atoms with Gasteiger partial charge < -0.3 is 10.4 Å². The number of carboxylic acids is 1. The molecule has 2 rings (SSSR count). The molecule has 0 amide bonds. The molecule has 2 aromatic heterocycles. The lowest BCUT2D eigenvalue weighted by molar-refractivity contribution is -0.384. The van der Waals surface area contributed by atoms with Crippen LogP contribution in [0.15, 0.2) is 36.8 Å². The summed E-state index contributed by atoms with van der Waals surface area (Å²) in [6, 6.07) is 4.47. The Labute approximate surface area is 113 Å². The van der Waals surface area contributed by atoms with Crippen LogP contribution in [-0.2, 0) is 6.54 Å². The van der Waals surface area contributed by atoms with Gasteiger partial charge in [-0.05, 0) is 17.7 Å². The first-order valence-electron chi connectivity index (χ1n) is 5.58. The molecule has 2 heterocycles. The fourth-order valence-electron chi connectivity index (χ4n) is 1.53. The van der Waals surface area contributed by atoms with E-state index in [9.17, 15) is 14.9 Å². The van der Waals surface area contributed by atoms with Gasteiger partial charge in [0.15, 0.2) is 0 Å². The van der Waals surface area contributed by atoms with Gasteiger partial charge >= 0.3 is 11.7 Å². The van der Waals surface area contributed by atoms with Gasteiger partial charge in [0.2, 0.25) is 0 Å². The Morgan fingerprint density at radius 3 is 2.75 bits per heavy atom. The van der Waals surface area contributed by atoms with E-state index in [1.807, 2.05) is 0 Å². The zero-order valence-electron chi connectivity index (χ0n) is 10.2. The van der Waals surface area contributed by atoms with E-state index in [2.05, 4.69) is 15.3 Å². The third-order valence-electron chi connectivity index (χ3n) is 2.52. The monoisotopic (exact) mass is 274 g/mol. The summed E-state index contributed by atoms with van der Waals surface area (Å²) in [5.74, 6) is -1.10. The molecule has 2 N–H and O–H groups in total. The number of hydrogen-bond acceptors (Lipinski definition) is 6. The third-order valence-corrected chi connectivity index (χ3v) is 2.52. The fourth-order valence-corrected chi connectivity index (χ4v) is 1.53. The highest BCUT2D eigenvalue weighted by atomic mass is 16.6. The van der Waals surface area contributed by atoms with Crippen LogP contribution in [0, 0.1) is 10.1 Å². The Hall–Kier alpha value is -3.03. The van der Waals surface area contributed by atoms with Gasteiger partial charge in [-0.15, -0.1) is 0 Å². The second kappa shape index (κ2) is 5.74. The van der Waals surface area contributed by atoms with Crippen LogP contribution in [-0.4, -0.2) is 26.0 Å². The van der Waals surface area contributed by atoms with Gasteiger partial charge in [-0.25, -0.2) is 9.78 Å². The Balaban J connectivity index is 2.09. The van der Waals surface area contributed by atoms with E-state index in [4.69, 9.17) is 5.11 Å². The molecule has 0 aliphatic heterocycles. The van der Waals surface area contributed by atoms with Gasteiger partial charge in [-0.3, -0.25) is 15.1 Å². The quantitative estimate of drug-likeness (QED) is 0.629. The molecule has 0 spiro atoms. The Morgan fingerprint density at radius 2 is 2.15 bits per heavy atom. The van der Waals surface area contributed by atoms with E-state index in [0.717, 1.165) is 6.20 Å². The van der Waals surface area contributed by atoms with Crippen LogP contribution in [0.2, 0.25) is 0 Å². The van der Waals surface area contributed by atoms with Crippen LogP contribution in [0.3, 0.4) is 0 Å². The largest absolute Gasteiger partial charge is 0.477 e. The number of aromatic nitrogens is 2. The minimum Gasteiger partial charge on any atom is -0.477 e. The van der Waals surface area contributed by atoms with Crippen molar-refractivity contribution in [1.82, 2.24) is 9.97 Å². The number of nitrogens with zero attached hydrogens (tertiary/aromatic N) is 3. The summed E-state index contributed by atoms with van der Waals surface area (Å²) >= 11 is 0. The van der Waals surface area contributed by atoms with Crippen molar-refractivity contribution >= 4 is 17.3 Å². The molecule has 102 valence electrons. The fraction of sp³-hybridized carbons (Fsp3) is 0.0833. The second-order valence-corrected chi connectivity index (χ2v) is 3.86.